The van der Waals surface area contributed by atoms with Crippen molar-refractivity contribution in [3.8, 4) is 0 Å². The predicted octanol–water partition coefficient (Wildman–Crippen LogP) is 4.19. The normalized spacial score (nSPS) is 21.0. The summed E-state index contributed by atoms with van der Waals surface area (Å²) in [6.45, 7) is 4.10. The number of rotatable bonds is 6. The van der Waals surface area contributed by atoms with Gasteiger partial charge >= 0.3 is 0 Å². The second-order valence-electron chi connectivity index (χ2n) is 6.79. The third kappa shape index (κ3) is 4.55. The van der Waals surface area contributed by atoms with Gasteiger partial charge < -0.3 is 10.2 Å². The Morgan fingerprint density at radius 2 is 1.90 bits per heavy atom. The first-order chi connectivity index (χ1) is 10.0. The smallest absolute Gasteiger partial charge is 0.0651 e. The molecular weight excluding hydrogens is 260 g/mol. The van der Waals surface area contributed by atoms with Gasteiger partial charge in [0.05, 0.1) is 11.7 Å². The maximum Gasteiger partial charge on any atom is 0.0651 e. The van der Waals surface area contributed by atoms with Gasteiger partial charge in [-0.2, -0.15) is 0 Å². The van der Waals surface area contributed by atoms with Gasteiger partial charge in [-0.05, 0) is 43.2 Å². The van der Waals surface area contributed by atoms with Crippen LogP contribution in [0.1, 0.15) is 75.8 Å². The van der Waals surface area contributed by atoms with Crippen LogP contribution in [0.2, 0.25) is 0 Å². The van der Waals surface area contributed by atoms with E-state index in [4.69, 9.17) is 0 Å². The largest absolute Gasteiger partial charge is 0.393 e. The van der Waals surface area contributed by atoms with Crippen molar-refractivity contribution in [2.45, 2.75) is 82.8 Å². The fourth-order valence-electron chi connectivity index (χ4n) is 3.44. The Labute approximate surface area is 129 Å². The van der Waals surface area contributed by atoms with Crippen molar-refractivity contribution in [1.29, 1.82) is 0 Å². The molecule has 0 saturated heterocycles. The molecule has 0 amide bonds. The van der Waals surface area contributed by atoms with Crippen molar-refractivity contribution in [1.82, 2.24) is 0 Å². The second-order valence-corrected chi connectivity index (χ2v) is 6.79. The summed E-state index contributed by atoms with van der Waals surface area (Å²) in [5.41, 5.74) is 2.04. The molecule has 0 radical (unpaired) electrons. The zero-order valence-corrected chi connectivity index (χ0v) is 13.5. The molecule has 0 bridgehead atoms. The zero-order valence-electron chi connectivity index (χ0n) is 13.5. The van der Waals surface area contributed by atoms with E-state index in [0.717, 1.165) is 44.9 Å². The van der Waals surface area contributed by atoms with Gasteiger partial charge in [0.15, 0.2) is 0 Å². The average Bonchev–Trinajstić information content (AvgIpc) is 2.52. The molecule has 2 rings (SSSR count). The van der Waals surface area contributed by atoms with Gasteiger partial charge in [0.2, 0.25) is 0 Å². The fraction of sp³-hybridized carbons (Fsp3) is 0.684. The van der Waals surface area contributed by atoms with Crippen LogP contribution in [0, 0.1) is 0 Å². The highest BCUT2D eigenvalue weighted by molar-refractivity contribution is 5.27. The van der Waals surface area contributed by atoms with E-state index in [1.807, 2.05) is 6.92 Å². The molecule has 2 N–H and O–H groups in total. The molecule has 0 heterocycles. The van der Waals surface area contributed by atoms with E-state index in [0.29, 0.717) is 0 Å². The van der Waals surface area contributed by atoms with Crippen LogP contribution >= 0.6 is 0 Å². The van der Waals surface area contributed by atoms with Gasteiger partial charge in [0.25, 0.3) is 0 Å². The lowest BCUT2D eigenvalue weighted by Gasteiger charge is -2.32. The van der Waals surface area contributed by atoms with Crippen LogP contribution < -0.4 is 0 Å². The lowest BCUT2D eigenvalue weighted by molar-refractivity contribution is -0.00342. The van der Waals surface area contributed by atoms with Gasteiger partial charge in [-0.1, -0.05) is 57.4 Å². The van der Waals surface area contributed by atoms with Crippen molar-refractivity contribution in [3.63, 3.8) is 0 Å². The van der Waals surface area contributed by atoms with Gasteiger partial charge in [-0.3, -0.25) is 0 Å². The van der Waals surface area contributed by atoms with Crippen molar-refractivity contribution in [2.24, 2.45) is 0 Å². The molecule has 1 aromatic rings. The Balaban J connectivity index is 1.97. The summed E-state index contributed by atoms with van der Waals surface area (Å²) in [6.07, 6.45) is 7.81. The molecule has 21 heavy (non-hydrogen) atoms. The van der Waals surface area contributed by atoms with Crippen LogP contribution in [0.15, 0.2) is 24.3 Å². The summed E-state index contributed by atoms with van der Waals surface area (Å²) in [4.78, 5) is 0. The van der Waals surface area contributed by atoms with Crippen LogP contribution in [0.4, 0.5) is 0 Å². The van der Waals surface area contributed by atoms with Crippen LogP contribution in [-0.4, -0.2) is 21.9 Å². The quantitative estimate of drug-likeness (QED) is 0.824. The van der Waals surface area contributed by atoms with Crippen molar-refractivity contribution in [2.75, 3.05) is 0 Å². The van der Waals surface area contributed by atoms with E-state index < -0.39 is 5.60 Å². The molecule has 1 saturated carbocycles. The van der Waals surface area contributed by atoms with Crippen LogP contribution in [-0.2, 0) is 6.42 Å². The first-order valence-electron chi connectivity index (χ1n) is 8.53. The number of aliphatic hydroxyl groups excluding tert-OH is 1. The van der Waals surface area contributed by atoms with Crippen molar-refractivity contribution in [3.05, 3.63) is 35.4 Å². The maximum absolute atomic E-state index is 10.6. The average molecular weight is 290 g/mol. The predicted molar refractivity (Wildman–Crippen MR) is 87.5 cm³/mol. The van der Waals surface area contributed by atoms with Crippen molar-refractivity contribution < 1.29 is 10.2 Å². The molecule has 118 valence electrons. The first kappa shape index (κ1) is 16.5. The number of aryl methyl sites for hydroxylation is 1. The minimum absolute atomic E-state index is 0.174. The summed E-state index contributed by atoms with van der Waals surface area (Å²) in [6, 6.07) is 8.52. The molecule has 1 fully saturated rings. The maximum atomic E-state index is 10.6. The number of aliphatic hydroxyl groups is 2. The number of hydrogen-bond donors (Lipinski definition) is 2. The van der Waals surface area contributed by atoms with Gasteiger partial charge in [-0.25, -0.2) is 0 Å². The third-order valence-electron chi connectivity index (χ3n) is 5.14. The number of hydrogen-bond acceptors (Lipinski definition) is 2. The van der Waals surface area contributed by atoms with Crippen molar-refractivity contribution >= 4 is 0 Å². The lowest BCUT2D eigenvalue weighted by atomic mass is 9.80. The Kier molecular flexibility index (Phi) is 5.83. The van der Waals surface area contributed by atoms with E-state index in [9.17, 15) is 10.2 Å². The van der Waals surface area contributed by atoms with Crippen LogP contribution in [0.25, 0.3) is 0 Å². The Hall–Kier alpha value is -0.860. The SMILES string of the molecule is CC[C@H](O)[C@@H](C)c1cccc(CCC2(O)CCCCC2)c1. The Bertz CT molecular complexity index is 435. The highest BCUT2D eigenvalue weighted by Crippen LogP contribution is 2.32. The van der Waals surface area contributed by atoms with E-state index >= 15 is 0 Å². The van der Waals surface area contributed by atoms with E-state index in [-0.39, 0.29) is 12.0 Å². The van der Waals surface area contributed by atoms with Gasteiger partial charge in [0, 0.05) is 5.92 Å². The van der Waals surface area contributed by atoms with E-state index in [2.05, 4.69) is 31.2 Å². The third-order valence-corrected chi connectivity index (χ3v) is 5.14. The highest BCUT2D eigenvalue weighted by atomic mass is 16.3. The fourth-order valence-corrected chi connectivity index (χ4v) is 3.44. The van der Waals surface area contributed by atoms with E-state index in [1.165, 1.54) is 17.5 Å². The minimum atomic E-state index is -0.442. The minimum Gasteiger partial charge on any atom is -0.393 e. The summed E-state index contributed by atoms with van der Waals surface area (Å²) in [7, 11) is 0. The number of benzene rings is 1. The Morgan fingerprint density at radius 1 is 1.19 bits per heavy atom. The van der Waals surface area contributed by atoms with E-state index in [1.54, 1.807) is 0 Å². The molecule has 0 unspecified atom stereocenters. The standard InChI is InChI=1S/C19H30O2/c1-3-18(20)15(2)17-9-7-8-16(14-17)10-13-19(21)11-5-4-6-12-19/h7-9,14-15,18,20-21H,3-6,10-13H2,1-2H3/t15-,18-/m0/s1. The molecule has 2 nitrogen and oxygen atoms in total. The van der Waals surface area contributed by atoms with Crippen LogP contribution in [0.3, 0.4) is 0 Å². The molecule has 2 heteroatoms. The summed E-state index contributed by atoms with van der Waals surface area (Å²) >= 11 is 0. The lowest BCUT2D eigenvalue weighted by Crippen LogP contribution is -2.31. The van der Waals surface area contributed by atoms with Gasteiger partial charge in [0.1, 0.15) is 0 Å². The zero-order chi connectivity index (χ0) is 15.3. The molecule has 2 atom stereocenters. The van der Waals surface area contributed by atoms with Gasteiger partial charge in [-0.15, -0.1) is 0 Å². The molecule has 1 aliphatic carbocycles. The second kappa shape index (κ2) is 7.42. The highest BCUT2D eigenvalue weighted by Gasteiger charge is 2.28. The topological polar surface area (TPSA) is 40.5 Å². The Morgan fingerprint density at radius 3 is 2.57 bits per heavy atom. The molecule has 0 aliphatic heterocycles. The summed E-state index contributed by atoms with van der Waals surface area (Å²) in [5, 5.41) is 20.6. The first-order valence-corrected chi connectivity index (χ1v) is 8.53. The molecule has 0 aromatic heterocycles. The summed E-state index contributed by atoms with van der Waals surface area (Å²) < 4.78 is 0. The molecule has 1 aromatic carbocycles. The summed E-state index contributed by atoms with van der Waals surface area (Å²) in [5.74, 6) is 0.174. The monoisotopic (exact) mass is 290 g/mol. The molecule has 0 spiro atoms. The van der Waals surface area contributed by atoms with Crippen LogP contribution in [0.5, 0.6) is 0 Å². The molecular formula is C19H30O2. The molecule has 1 aliphatic rings.